The summed E-state index contributed by atoms with van der Waals surface area (Å²) in [6.07, 6.45) is -9.93. The molecule has 3 nitrogen and oxygen atoms in total. The quantitative estimate of drug-likeness (QED) is 0.797. The molecule has 2 rings (SSSR count). The van der Waals surface area contributed by atoms with E-state index < -0.39 is 35.0 Å². The Morgan fingerprint density at radius 3 is 2.04 bits per heavy atom. The van der Waals surface area contributed by atoms with Crippen LogP contribution in [0.25, 0.3) is 0 Å². The molecule has 23 heavy (non-hydrogen) atoms. The predicted octanol–water partition coefficient (Wildman–Crippen LogP) is 3.16. The fraction of sp³-hybridized carbons (Fsp3) is 0.500. The Bertz CT molecular complexity index is 564. The molecule has 1 aliphatic heterocycles. The summed E-state index contributed by atoms with van der Waals surface area (Å²) in [5.41, 5.74) is -3.59. The largest absolute Gasteiger partial charge is 0.416 e. The van der Waals surface area contributed by atoms with Gasteiger partial charge in [-0.25, -0.2) is 0 Å². The maximum Gasteiger partial charge on any atom is 0.416 e. The molecule has 9 heteroatoms. The van der Waals surface area contributed by atoms with Crippen molar-refractivity contribution in [2.75, 3.05) is 19.6 Å². The van der Waals surface area contributed by atoms with Crippen LogP contribution in [-0.2, 0) is 12.4 Å². The molecule has 1 aromatic rings. The van der Waals surface area contributed by atoms with Gasteiger partial charge < -0.3 is 10.2 Å². The number of piperazine rings is 1. The first-order valence-corrected chi connectivity index (χ1v) is 6.81. The molecule has 0 radical (unpaired) electrons. The lowest BCUT2D eigenvalue weighted by molar-refractivity contribution is -0.143. The summed E-state index contributed by atoms with van der Waals surface area (Å²) >= 11 is 0. The highest BCUT2D eigenvalue weighted by atomic mass is 19.4. The highest BCUT2D eigenvalue weighted by Crippen LogP contribution is 2.36. The van der Waals surface area contributed by atoms with Crippen molar-refractivity contribution >= 4 is 5.91 Å². The van der Waals surface area contributed by atoms with Crippen molar-refractivity contribution in [1.29, 1.82) is 0 Å². The van der Waals surface area contributed by atoms with Crippen molar-refractivity contribution in [1.82, 2.24) is 10.2 Å². The number of halogens is 6. The number of alkyl halides is 6. The van der Waals surface area contributed by atoms with Crippen LogP contribution in [0.15, 0.2) is 18.2 Å². The lowest BCUT2D eigenvalue weighted by atomic mass is 10.0. The SMILES string of the molecule is C[C@H]1CNCCN1C(=O)c1cc(C(F)(F)F)cc(C(F)(F)F)c1. The van der Waals surface area contributed by atoms with E-state index in [1.807, 2.05) is 0 Å². The Morgan fingerprint density at radius 2 is 1.61 bits per heavy atom. The molecular formula is C14H14F6N2O. The first-order chi connectivity index (χ1) is 10.5. The lowest BCUT2D eigenvalue weighted by Crippen LogP contribution is -2.52. The number of amides is 1. The van der Waals surface area contributed by atoms with Gasteiger partial charge in [0.15, 0.2) is 0 Å². The molecule has 1 heterocycles. The number of carbonyl (C=O) groups excluding carboxylic acids is 1. The van der Waals surface area contributed by atoms with Gasteiger partial charge in [0.2, 0.25) is 0 Å². The van der Waals surface area contributed by atoms with E-state index in [-0.39, 0.29) is 18.7 Å². The van der Waals surface area contributed by atoms with Gasteiger partial charge in [-0.05, 0) is 25.1 Å². The number of carbonyl (C=O) groups is 1. The molecule has 1 atom stereocenters. The predicted molar refractivity (Wildman–Crippen MR) is 69.8 cm³/mol. The van der Waals surface area contributed by atoms with Crippen molar-refractivity contribution in [3.63, 3.8) is 0 Å². The monoisotopic (exact) mass is 340 g/mol. The second kappa shape index (κ2) is 6.03. The zero-order valence-electron chi connectivity index (χ0n) is 12.1. The molecule has 1 fully saturated rings. The molecule has 0 unspecified atom stereocenters. The average Bonchev–Trinajstić information content (AvgIpc) is 2.45. The van der Waals surface area contributed by atoms with Crippen molar-refractivity contribution < 1.29 is 31.1 Å². The first-order valence-electron chi connectivity index (χ1n) is 6.81. The van der Waals surface area contributed by atoms with E-state index in [0.717, 1.165) is 0 Å². The van der Waals surface area contributed by atoms with Crippen LogP contribution in [0.1, 0.15) is 28.4 Å². The van der Waals surface area contributed by atoms with Crippen molar-refractivity contribution in [2.24, 2.45) is 0 Å². The van der Waals surface area contributed by atoms with Crippen molar-refractivity contribution in [2.45, 2.75) is 25.3 Å². The summed E-state index contributed by atoms with van der Waals surface area (Å²) in [5.74, 6) is -0.837. The third kappa shape index (κ3) is 3.95. The van der Waals surface area contributed by atoms with Crippen LogP contribution in [0.2, 0.25) is 0 Å². The third-order valence-corrected chi connectivity index (χ3v) is 3.60. The van der Waals surface area contributed by atoms with Gasteiger partial charge >= 0.3 is 12.4 Å². The van der Waals surface area contributed by atoms with Gasteiger partial charge in [0.25, 0.3) is 5.91 Å². The molecule has 1 aromatic carbocycles. The summed E-state index contributed by atoms with van der Waals surface area (Å²) in [4.78, 5) is 13.6. The number of nitrogens with one attached hydrogen (secondary N) is 1. The highest BCUT2D eigenvalue weighted by molar-refractivity contribution is 5.95. The smallest absolute Gasteiger partial charge is 0.333 e. The number of rotatable bonds is 1. The van der Waals surface area contributed by atoms with Crippen molar-refractivity contribution in [3.8, 4) is 0 Å². The van der Waals surface area contributed by atoms with Crippen LogP contribution < -0.4 is 5.32 Å². The molecule has 128 valence electrons. The maximum atomic E-state index is 12.8. The normalized spacial score (nSPS) is 19.8. The van der Waals surface area contributed by atoms with Gasteiger partial charge in [0.05, 0.1) is 11.1 Å². The van der Waals surface area contributed by atoms with Crippen LogP contribution in [0, 0.1) is 0 Å². The fourth-order valence-electron chi connectivity index (χ4n) is 2.39. The summed E-state index contributed by atoms with van der Waals surface area (Å²) in [5, 5.41) is 2.99. The van der Waals surface area contributed by atoms with Gasteiger partial charge in [-0.15, -0.1) is 0 Å². The minimum atomic E-state index is -4.97. The summed E-state index contributed by atoms with van der Waals surface area (Å²) in [6, 6.07) is 0.622. The fourth-order valence-corrected chi connectivity index (χ4v) is 2.39. The number of benzene rings is 1. The molecular weight excluding hydrogens is 326 g/mol. The second-order valence-electron chi connectivity index (χ2n) is 5.35. The molecule has 0 bridgehead atoms. The standard InChI is InChI=1S/C14H14F6N2O/c1-8-7-21-2-3-22(8)12(23)9-4-10(13(15,16)17)6-11(5-9)14(18,19)20/h4-6,8,21H,2-3,7H2,1H3/t8-/m0/s1. The zero-order chi connectivity index (χ0) is 17.4. The number of hydrogen-bond donors (Lipinski definition) is 1. The Hall–Kier alpha value is -1.77. The molecule has 1 N–H and O–H groups in total. The highest BCUT2D eigenvalue weighted by Gasteiger charge is 2.38. The molecule has 1 amide bonds. The molecule has 0 aliphatic carbocycles. The van der Waals surface area contributed by atoms with Gasteiger partial charge in [0.1, 0.15) is 0 Å². The Kier molecular flexibility index (Phi) is 4.61. The summed E-state index contributed by atoms with van der Waals surface area (Å²) in [7, 11) is 0. The van der Waals surface area contributed by atoms with E-state index in [2.05, 4.69) is 5.32 Å². The minimum Gasteiger partial charge on any atom is -0.333 e. The van der Waals surface area contributed by atoms with E-state index in [1.165, 1.54) is 4.90 Å². The Balaban J connectivity index is 2.46. The van der Waals surface area contributed by atoms with E-state index in [0.29, 0.717) is 25.2 Å². The van der Waals surface area contributed by atoms with Crippen LogP contribution in [0.5, 0.6) is 0 Å². The lowest BCUT2D eigenvalue weighted by Gasteiger charge is -2.34. The van der Waals surface area contributed by atoms with E-state index in [9.17, 15) is 31.1 Å². The molecule has 0 saturated carbocycles. The Labute approximate surface area is 128 Å². The molecule has 0 aromatic heterocycles. The molecule has 0 spiro atoms. The van der Waals surface area contributed by atoms with Gasteiger partial charge in [0, 0.05) is 31.2 Å². The average molecular weight is 340 g/mol. The number of nitrogens with zero attached hydrogens (tertiary/aromatic N) is 1. The summed E-state index contributed by atoms with van der Waals surface area (Å²) < 4.78 is 76.9. The first kappa shape index (κ1) is 17.6. The maximum absolute atomic E-state index is 12.8. The van der Waals surface area contributed by atoms with Crippen LogP contribution in [-0.4, -0.2) is 36.5 Å². The third-order valence-electron chi connectivity index (χ3n) is 3.60. The Morgan fingerprint density at radius 1 is 1.09 bits per heavy atom. The zero-order valence-corrected chi connectivity index (χ0v) is 12.1. The van der Waals surface area contributed by atoms with Crippen LogP contribution in [0.4, 0.5) is 26.3 Å². The topological polar surface area (TPSA) is 32.3 Å². The molecule has 1 aliphatic rings. The van der Waals surface area contributed by atoms with Gasteiger partial charge in [-0.1, -0.05) is 0 Å². The van der Waals surface area contributed by atoms with E-state index in [4.69, 9.17) is 0 Å². The number of hydrogen-bond acceptors (Lipinski definition) is 2. The van der Waals surface area contributed by atoms with Gasteiger partial charge in [-0.2, -0.15) is 26.3 Å². The van der Waals surface area contributed by atoms with Crippen LogP contribution in [0.3, 0.4) is 0 Å². The summed E-state index contributed by atoms with van der Waals surface area (Å²) in [6.45, 7) is 2.75. The van der Waals surface area contributed by atoms with E-state index in [1.54, 1.807) is 6.92 Å². The van der Waals surface area contributed by atoms with E-state index >= 15 is 0 Å². The second-order valence-corrected chi connectivity index (χ2v) is 5.35. The van der Waals surface area contributed by atoms with Crippen molar-refractivity contribution in [3.05, 3.63) is 34.9 Å². The minimum absolute atomic E-state index is 0.0119. The molecule has 1 saturated heterocycles. The van der Waals surface area contributed by atoms with Gasteiger partial charge in [-0.3, -0.25) is 4.79 Å². The van der Waals surface area contributed by atoms with Crippen LogP contribution >= 0.6 is 0 Å².